The molecule has 1 aromatic heterocycles. The maximum Gasteiger partial charge on any atom is 0.0492 e. The van der Waals surface area contributed by atoms with Gasteiger partial charge in [-0.15, -0.1) is 11.6 Å². The highest BCUT2D eigenvalue weighted by molar-refractivity contribution is 6.18. The van der Waals surface area contributed by atoms with Crippen molar-refractivity contribution in [1.29, 1.82) is 0 Å². The van der Waals surface area contributed by atoms with E-state index in [4.69, 9.17) is 11.6 Å². The Balaban J connectivity index is 2.29. The Labute approximate surface area is 96.8 Å². The third kappa shape index (κ3) is 3.84. The van der Waals surface area contributed by atoms with E-state index in [1.165, 1.54) is 5.69 Å². The molecule has 3 nitrogen and oxygen atoms in total. The van der Waals surface area contributed by atoms with Crippen molar-refractivity contribution in [3.63, 3.8) is 0 Å². The van der Waals surface area contributed by atoms with Gasteiger partial charge in [-0.1, -0.05) is 13.8 Å². The molecule has 1 rings (SSSR count). The lowest BCUT2D eigenvalue weighted by Crippen LogP contribution is -2.36. The maximum atomic E-state index is 5.87. The van der Waals surface area contributed by atoms with Crippen LogP contribution >= 0.6 is 11.6 Å². The number of nitrogens with zero attached hydrogens (tertiary/aromatic N) is 2. The Morgan fingerprint density at radius 3 is 2.73 bits per heavy atom. The molecule has 0 saturated carbocycles. The molecule has 0 bridgehead atoms. The highest BCUT2D eigenvalue weighted by Crippen LogP contribution is 2.04. The van der Waals surface area contributed by atoms with Crippen LogP contribution in [0.4, 0.5) is 0 Å². The summed E-state index contributed by atoms with van der Waals surface area (Å²) >= 11 is 5.87. The van der Waals surface area contributed by atoms with E-state index in [1.807, 2.05) is 24.0 Å². The molecule has 1 N–H and O–H groups in total. The minimum atomic E-state index is 0.403. The summed E-state index contributed by atoms with van der Waals surface area (Å²) in [5.41, 5.74) is 1.25. The predicted molar refractivity (Wildman–Crippen MR) is 64.3 cm³/mol. The van der Waals surface area contributed by atoms with E-state index < -0.39 is 0 Å². The fourth-order valence-corrected chi connectivity index (χ4v) is 1.97. The molecule has 0 fully saturated rings. The molecule has 4 heteroatoms. The van der Waals surface area contributed by atoms with E-state index in [9.17, 15) is 0 Å². The Morgan fingerprint density at radius 1 is 1.53 bits per heavy atom. The summed E-state index contributed by atoms with van der Waals surface area (Å²) in [6.07, 6.45) is 2.83. The van der Waals surface area contributed by atoms with Gasteiger partial charge in [-0.3, -0.25) is 4.68 Å². The Morgan fingerprint density at radius 2 is 2.27 bits per heavy atom. The second kappa shape index (κ2) is 6.13. The number of alkyl halides is 1. The molecule has 0 aliphatic carbocycles. The molecule has 0 saturated heterocycles. The second-order valence-corrected chi connectivity index (χ2v) is 4.46. The zero-order valence-electron chi connectivity index (χ0n) is 9.70. The topological polar surface area (TPSA) is 29.9 Å². The van der Waals surface area contributed by atoms with E-state index in [-0.39, 0.29) is 0 Å². The summed E-state index contributed by atoms with van der Waals surface area (Å²) in [5.74, 6) is 1.25. The maximum absolute atomic E-state index is 5.87. The molecule has 1 aromatic rings. The molecule has 0 aliphatic rings. The van der Waals surface area contributed by atoms with Crippen LogP contribution in [0.1, 0.15) is 19.5 Å². The molecule has 0 radical (unpaired) electrons. The van der Waals surface area contributed by atoms with Crippen LogP contribution < -0.4 is 5.32 Å². The van der Waals surface area contributed by atoms with Crippen molar-refractivity contribution in [3.8, 4) is 0 Å². The van der Waals surface area contributed by atoms with Crippen LogP contribution in [-0.4, -0.2) is 28.2 Å². The number of halogens is 1. The van der Waals surface area contributed by atoms with Crippen molar-refractivity contribution >= 4 is 11.6 Å². The quantitative estimate of drug-likeness (QED) is 0.755. The molecule has 1 heterocycles. The molecule has 0 spiro atoms. The van der Waals surface area contributed by atoms with E-state index >= 15 is 0 Å². The minimum Gasteiger partial charge on any atom is -0.312 e. The van der Waals surface area contributed by atoms with Crippen LogP contribution in [0, 0.1) is 5.92 Å². The first-order chi connectivity index (χ1) is 7.15. The Hall–Kier alpha value is -0.540. The van der Waals surface area contributed by atoms with Crippen molar-refractivity contribution in [1.82, 2.24) is 15.1 Å². The number of hydrogen-bond acceptors (Lipinski definition) is 2. The lowest BCUT2D eigenvalue weighted by atomic mass is 10.1. The number of hydrogen-bond donors (Lipinski definition) is 1. The summed E-state index contributed by atoms with van der Waals surface area (Å²) in [6.45, 7) is 5.32. The summed E-state index contributed by atoms with van der Waals surface area (Å²) in [4.78, 5) is 0. The zero-order valence-corrected chi connectivity index (χ0v) is 10.5. The van der Waals surface area contributed by atoms with Gasteiger partial charge >= 0.3 is 0 Å². The van der Waals surface area contributed by atoms with Crippen molar-refractivity contribution in [2.45, 2.75) is 26.3 Å². The van der Waals surface area contributed by atoms with Gasteiger partial charge in [0.1, 0.15) is 0 Å². The van der Waals surface area contributed by atoms with E-state index in [2.05, 4.69) is 24.3 Å². The number of aromatic nitrogens is 2. The van der Waals surface area contributed by atoms with Gasteiger partial charge in [-0.05, 0) is 12.0 Å². The average molecular weight is 230 g/mol. The summed E-state index contributed by atoms with van der Waals surface area (Å²) in [5, 5.41) is 7.59. The van der Waals surface area contributed by atoms with Gasteiger partial charge in [0.2, 0.25) is 0 Å². The molecular formula is C11H20ClN3. The van der Waals surface area contributed by atoms with Crippen LogP contribution in [0.2, 0.25) is 0 Å². The van der Waals surface area contributed by atoms with Crippen LogP contribution in [-0.2, 0) is 13.5 Å². The molecule has 15 heavy (non-hydrogen) atoms. The third-order valence-electron chi connectivity index (χ3n) is 2.68. The molecule has 0 aromatic carbocycles. The molecule has 1 atom stereocenters. The highest BCUT2D eigenvalue weighted by atomic mass is 35.5. The fraction of sp³-hybridized carbons (Fsp3) is 0.727. The van der Waals surface area contributed by atoms with E-state index in [1.54, 1.807) is 0 Å². The Kier molecular flexibility index (Phi) is 5.12. The zero-order chi connectivity index (χ0) is 11.3. The van der Waals surface area contributed by atoms with E-state index in [0.717, 1.165) is 13.0 Å². The van der Waals surface area contributed by atoms with Crippen molar-refractivity contribution in [2.75, 3.05) is 12.4 Å². The van der Waals surface area contributed by atoms with Crippen molar-refractivity contribution in [3.05, 3.63) is 18.0 Å². The molecule has 0 amide bonds. The average Bonchev–Trinajstić information content (AvgIpc) is 2.58. The van der Waals surface area contributed by atoms with Gasteiger partial charge < -0.3 is 5.32 Å². The van der Waals surface area contributed by atoms with Gasteiger partial charge in [0, 0.05) is 43.8 Å². The first-order valence-corrected chi connectivity index (χ1v) is 5.94. The number of nitrogens with one attached hydrogen (secondary N) is 1. The lowest BCUT2D eigenvalue weighted by Gasteiger charge is -2.19. The van der Waals surface area contributed by atoms with E-state index in [0.29, 0.717) is 17.8 Å². The summed E-state index contributed by atoms with van der Waals surface area (Å²) in [6, 6.07) is 2.45. The largest absolute Gasteiger partial charge is 0.312 e. The minimum absolute atomic E-state index is 0.403. The van der Waals surface area contributed by atoms with Crippen LogP contribution in [0.15, 0.2) is 12.3 Å². The monoisotopic (exact) mass is 229 g/mol. The standard InChI is InChI=1S/C11H20ClN3/c1-9(2)11(8-12)13-6-4-10-5-7-14-15(10)3/h5,7,9,11,13H,4,6,8H2,1-3H3. The van der Waals surface area contributed by atoms with Gasteiger partial charge in [0.25, 0.3) is 0 Å². The SMILES string of the molecule is CC(C)C(CCl)NCCc1ccnn1C. The number of rotatable bonds is 6. The second-order valence-electron chi connectivity index (χ2n) is 4.16. The first-order valence-electron chi connectivity index (χ1n) is 5.41. The smallest absolute Gasteiger partial charge is 0.0492 e. The molecular weight excluding hydrogens is 210 g/mol. The number of aryl methyl sites for hydroxylation is 1. The van der Waals surface area contributed by atoms with Crippen LogP contribution in [0.3, 0.4) is 0 Å². The summed E-state index contributed by atoms with van der Waals surface area (Å²) in [7, 11) is 1.97. The first kappa shape index (κ1) is 12.5. The van der Waals surface area contributed by atoms with Crippen molar-refractivity contribution in [2.24, 2.45) is 13.0 Å². The highest BCUT2D eigenvalue weighted by Gasteiger charge is 2.10. The van der Waals surface area contributed by atoms with Gasteiger partial charge in [-0.25, -0.2) is 0 Å². The predicted octanol–water partition coefficient (Wildman–Crippen LogP) is 1.82. The van der Waals surface area contributed by atoms with Crippen molar-refractivity contribution < 1.29 is 0 Å². The summed E-state index contributed by atoms with van der Waals surface area (Å²) < 4.78 is 1.91. The molecule has 1 unspecified atom stereocenters. The van der Waals surface area contributed by atoms with Gasteiger partial charge in [-0.2, -0.15) is 5.10 Å². The van der Waals surface area contributed by atoms with Gasteiger partial charge in [0.15, 0.2) is 0 Å². The fourth-order valence-electron chi connectivity index (χ4n) is 1.50. The molecule has 86 valence electrons. The Bertz CT molecular complexity index is 283. The van der Waals surface area contributed by atoms with Crippen LogP contribution in [0.25, 0.3) is 0 Å². The molecule has 0 aliphatic heterocycles. The lowest BCUT2D eigenvalue weighted by molar-refractivity contribution is 0.432. The third-order valence-corrected chi connectivity index (χ3v) is 3.01. The normalized spacial score (nSPS) is 13.4. The van der Waals surface area contributed by atoms with Gasteiger partial charge in [0.05, 0.1) is 0 Å². The van der Waals surface area contributed by atoms with Crippen LogP contribution in [0.5, 0.6) is 0 Å².